The van der Waals surface area contributed by atoms with Crippen molar-refractivity contribution in [2.75, 3.05) is 32.7 Å². The summed E-state index contributed by atoms with van der Waals surface area (Å²) in [5, 5.41) is 5.78. The molecular weight excluding hydrogens is 266 g/mol. The average molecular weight is 299 g/mol. The van der Waals surface area contributed by atoms with E-state index in [0.29, 0.717) is 12.8 Å². The lowest BCUT2D eigenvalue weighted by molar-refractivity contribution is -0.121. The Kier molecular flexibility index (Phi) is 13.1. The SMILES string of the molecule is CCCCN(CCC(=O)NCCC)CCC(=O)NCCC. The molecule has 0 bridgehead atoms. The maximum atomic E-state index is 11.6. The standard InChI is InChI=1S/C16H33N3O2/c1-4-7-12-19(13-8-15(20)17-10-5-2)14-9-16(21)18-11-6-3/h4-14H2,1-3H3,(H,17,20)(H,18,21). The summed E-state index contributed by atoms with van der Waals surface area (Å²) in [5.74, 6) is 0.211. The van der Waals surface area contributed by atoms with E-state index in [1.165, 1.54) is 0 Å². The van der Waals surface area contributed by atoms with Crippen LogP contribution in [0, 0.1) is 0 Å². The average Bonchev–Trinajstić information content (AvgIpc) is 2.49. The van der Waals surface area contributed by atoms with Gasteiger partial charge in [-0.15, -0.1) is 0 Å². The molecule has 0 radical (unpaired) electrons. The molecule has 0 aromatic carbocycles. The van der Waals surface area contributed by atoms with Gasteiger partial charge in [0.1, 0.15) is 0 Å². The molecule has 21 heavy (non-hydrogen) atoms. The van der Waals surface area contributed by atoms with Crippen molar-refractivity contribution in [3.05, 3.63) is 0 Å². The molecule has 124 valence electrons. The van der Waals surface area contributed by atoms with Crippen LogP contribution >= 0.6 is 0 Å². The highest BCUT2D eigenvalue weighted by Crippen LogP contribution is 1.99. The van der Waals surface area contributed by atoms with Gasteiger partial charge < -0.3 is 15.5 Å². The van der Waals surface area contributed by atoms with Crippen LogP contribution in [0.4, 0.5) is 0 Å². The fourth-order valence-corrected chi connectivity index (χ4v) is 1.94. The minimum absolute atomic E-state index is 0.105. The van der Waals surface area contributed by atoms with Crippen LogP contribution in [0.25, 0.3) is 0 Å². The quantitative estimate of drug-likeness (QED) is 0.546. The Labute approximate surface area is 129 Å². The molecule has 0 aliphatic carbocycles. The number of carbonyl (C=O) groups is 2. The van der Waals surface area contributed by atoms with Gasteiger partial charge in [0.2, 0.25) is 11.8 Å². The highest BCUT2D eigenvalue weighted by molar-refractivity contribution is 5.76. The molecule has 5 heteroatoms. The van der Waals surface area contributed by atoms with Crippen molar-refractivity contribution in [2.24, 2.45) is 0 Å². The van der Waals surface area contributed by atoms with Crippen molar-refractivity contribution in [3.8, 4) is 0 Å². The number of nitrogens with zero attached hydrogens (tertiary/aromatic N) is 1. The van der Waals surface area contributed by atoms with Gasteiger partial charge >= 0.3 is 0 Å². The smallest absolute Gasteiger partial charge is 0.221 e. The largest absolute Gasteiger partial charge is 0.356 e. The van der Waals surface area contributed by atoms with E-state index in [1.54, 1.807) is 0 Å². The summed E-state index contributed by atoms with van der Waals surface area (Å²) in [6.07, 6.45) is 5.18. The second-order valence-corrected chi connectivity index (χ2v) is 5.40. The van der Waals surface area contributed by atoms with Gasteiger partial charge in [-0.25, -0.2) is 0 Å². The van der Waals surface area contributed by atoms with Crippen LogP contribution in [0.3, 0.4) is 0 Å². The highest BCUT2D eigenvalue weighted by atomic mass is 16.2. The first-order valence-corrected chi connectivity index (χ1v) is 8.39. The molecule has 0 saturated heterocycles. The lowest BCUT2D eigenvalue weighted by Crippen LogP contribution is -2.35. The molecule has 0 aliphatic heterocycles. The molecule has 0 atom stereocenters. The summed E-state index contributed by atoms with van der Waals surface area (Å²) >= 11 is 0. The third kappa shape index (κ3) is 12.4. The van der Waals surface area contributed by atoms with Crippen LogP contribution < -0.4 is 10.6 Å². The van der Waals surface area contributed by atoms with E-state index in [4.69, 9.17) is 0 Å². The summed E-state index contributed by atoms with van der Waals surface area (Å²) in [7, 11) is 0. The number of hydrogen-bond donors (Lipinski definition) is 2. The second kappa shape index (κ2) is 13.9. The molecule has 0 saturated carbocycles. The normalized spacial score (nSPS) is 10.7. The molecule has 0 aliphatic rings. The lowest BCUT2D eigenvalue weighted by Gasteiger charge is -2.21. The maximum absolute atomic E-state index is 11.6. The van der Waals surface area contributed by atoms with Crippen molar-refractivity contribution in [2.45, 2.75) is 59.3 Å². The van der Waals surface area contributed by atoms with Gasteiger partial charge in [0.05, 0.1) is 0 Å². The number of amides is 2. The van der Waals surface area contributed by atoms with E-state index in [9.17, 15) is 9.59 Å². The Morgan fingerprint density at radius 3 is 1.62 bits per heavy atom. The predicted molar refractivity (Wildman–Crippen MR) is 87.2 cm³/mol. The molecule has 0 fully saturated rings. The summed E-state index contributed by atoms with van der Waals surface area (Å²) in [6.45, 7) is 10.2. The fraction of sp³-hybridized carbons (Fsp3) is 0.875. The summed E-state index contributed by atoms with van der Waals surface area (Å²) in [5.41, 5.74) is 0. The van der Waals surface area contributed by atoms with E-state index in [-0.39, 0.29) is 11.8 Å². The third-order valence-electron chi connectivity index (χ3n) is 3.28. The van der Waals surface area contributed by atoms with Gasteiger partial charge in [0, 0.05) is 39.0 Å². The van der Waals surface area contributed by atoms with Gasteiger partial charge in [-0.3, -0.25) is 9.59 Å². The Balaban J connectivity index is 4.01. The molecule has 0 spiro atoms. The van der Waals surface area contributed by atoms with Crippen molar-refractivity contribution in [1.29, 1.82) is 0 Å². The van der Waals surface area contributed by atoms with Gasteiger partial charge in [0.25, 0.3) is 0 Å². The van der Waals surface area contributed by atoms with Crippen molar-refractivity contribution >= 4 is 11.8 Å². The first-order valence-electron chi connectivity index (χ1n) is 8.39. The van der Waals surface area contributed by atoms with E-state index in [2.05, 4.69) is 22.5 Å². The molecular formula is C16H33N3O2. The summed E-state index contributed by atoms with van der Waals surface area (Å²) in [4.78, 5) is 25.5. The fourth-order valence-electron chi connectivity index (χ4n) is 1.94. The molecule has 2 amide bonds. The van der Waals surface area contributed by atoms with Gasteiger partial charge in [-0.1, -0.05) is 27.2 Å². The molecule has 0 heterocycles. The topological polar surface area (TPSA) is 61.4 Å². The minimum atomic E-state index is 0.105. The van der Waals surface area contributed by atoms with Crippen molar-refractivity contribution in [1.82, 2.24) is 15.5 Å². The second-order valence-electron chi connectivity index (χ2n) is 5.40. The van der Waals surface area contributed by atoms with E-state index in [1.807, 2.05) is 13.8 Å². The monoisotopic (exact) mass is 299 g/mol. The van der Waals surface area contributed by atoms with Gasteiger partial charge in [0.15, 0.2) is 0 Å². The molecule has 0 unspecified atom stereocenters. The predicted octanol–water partition coefficient (Wildman–Crippen LogP) is 1.92. The van der Waals surface area contributed by atoms with E-state index in [0.717, 1.165) is 58.4 Å². The van der Waals surface area contributed by atoms with Gasteiger partial charge in [-0.05, 0) is 25.8 Å². The third-order valence-corrected chi connectivity index (χ3v) is 3.28. The van der Waals surface area contributed by atoms with Crippen molar-refractivity contribution < 1.29 is 9.59 Å². The van der Waals surface area contributed by atoms with Crippen LogP contribution in [0.2, 0.25) is 0 Å². The summed E-state index contributed by atoms with van der Waals surface area (Å²) < 4.78 is 0. The zero-order chi connectivity index (χ0) is 15.9. The van der Waals surface area contributed by atoms with Crippen LogP contribution in [0.1, 0.15) is 59.3 Å². The van der Waals surface area contributed by atoms with Crippen LogP contribution in [0.15, 0.2) is 0 Å². The minimum Gasteiger partial charge on any atom is -0.356 e. The van der Waals surface area contributed by atoms with Crippen LogP contribution in [0.5, 0.6) is 0 Å². The number of nitrogens with one attached hydrogen (secondary N) is 2. The molecule has 5 nitrogen and oxygen atoms in total. The Morgan fingerprint density at radius 2 is 1.24 bits per heavy atom. The lowest BCUT2D eigenvalue weighted by atomic mass is 10.2. The Bertz CT molecular complexity index is 259. The van der Waals surface area contributed by atoms with Gasteiger partial charge in [-0.2, -0.15) is 0 Å². The van der Waals surface area contributed by atoms with Crippen LogP contribution in [-0.4, -0.2) is 49.4 Å². The number of carbonyl (C=O) groups excluding carboxylic acids is 2. The molecule has 0 aromatic rings. The Hall–Kier alpha value is -1.10. The number of hydrogen-bond acceptors (Lipinski definition) is 3. The Morgan fingerprint density at radius 1 is 0.762 bits per heavy atom. The van der Waals surface area contributed by atoms with Crippen LogP contribution in [-0.2, 0) is 9.59 Å². The molecule has 2 N–H and O–H groups in total. The first kappa shape index (κ1) is 19.9. The van der Waals surface area contributed by atoms with E-state index < -0.39 is 0 Å². The molecule has 0 rings (SSSR count). The number of rotatable bonds is 13. The van der Waals surface area contributed by atoms with E-state index >= 15 is 0 Å². The zero-order valence-electron chi connectivity index (χ0n) is 14.0. The highest BCUT2D eigenvalue weighted by Gasteiger charge is 2.10. The maximum Gasteiger partial charge on any atom is 0.221 e. The molecule has 0 aromatic heterocycles. The number of unbranched alkanes of at least 4 members (excludes halogenated alkanes) is 1. The summed E-state index contributed by atoms with van der Waals surface area (Å²) in [6, 6.07) is 0. The zero-order valence-corrected chi connectivity index (χ0v) is 14.0. The van der Waals surface area contributed by atoms with Crippen molar-refractivity contribution in [3.63, 3.8) is 0 Å². The first-order chi connectivity index (χ1) is 10.1.